The van der Waals surface area contributed by atoms with Crippen LogP contribution in [-0.4, -0.2) is 43.7 Å². The second-order valence-corrected chi connectivity index (χ2v) is 6.89. The maximum Gasteiger partial charge on any atom is 0.416 e. The van der Waals surface area contributed by atoms with Crippen molar-refractivity contribution < 1.29 is 32.4 Å². The minimum atomic E-state index is -4.58. The van der Waals surface area contributed by atoms with Gasteiger partial charge in [-0.05, 0) is 36.8 Å². The highest BCUT2D eigenvalue weighted by atomic mass is 19.4. The van der Waals surface area contributed by atoms with Gasteiger partial charge in [0.25, 0.3) is 5.91 Å². The number of aryl methyl sites for hydroxylation is 1. The number of anilines is 2. The predicted octanol–water partition coefficient (Wildman–Crippen LogP) is 3.78. The van der Waals surface area contributed by atoms with E-state index in [0.29, 0.717) is 37.6 Å². The van der Waals surface area contributed by atoms with E-state index in [-0.39, 0.29) is 17.1 Å². The van der Waals surface area contributed by atoms with Crippen molar-refractivity contribution in [3.05, 3.63) is 57.6 Å². The Morgan fingerprint density at radius 3 is 2.58 bits per heavy atom. The molecule has 1 fully saturated rings. The number of morpholine rings is 1. The van der Waals surface area contributed by atoms with Gasteiger partial charge in [-0.2, -0.15) is 13.2 Å². The number of ether oxygens (including phenoxy) is 2. The second kappa shape index (κ2) is 9.21. The molecule has 11 heteroatoms. The molecule has 2 aromatic carbocycles. The zero-order chi connectivity index (χ0) is 22.6. The number of hydrogen-bond donors (Lipinski definition) is 1. The fourth-order valence-corrected chi connectivity index (χ4v) is 3.11. The lowest BCUT2D eigenvalue weighted by Gasteiger charge is -2.31. The van der Waals surface area contributed by atoms with Gasteiger partial charge in [-0.1, -0.05) is 6.07 Å². The number of hydrogen-bond acceptors (Lipinski definition) is 6. The van der Waals surface area contributed by atoms with Crippen LogP contribution in [0, 0.1) is 17.0 Å². The minimum Gasteiger partial charge on any atom is -0.477 e. The van der Waals surface area contributed by atoms with Crippen LogP contribution in [0.25, 0.3) is 0 Å². The van der Waals surface area contributed by atoms with Crippen molar-refractivity contribution in [3.63, 3.8) is 0 Å². The summed E-state index contributed by atoms with van der Waals surface area (Å²) in [5.41, 5.74) is -0.134. The van der Waals surface area contributed by atoms with Gasteiger partial charge in [-0.3, -0.25) is 14.9 Å². The van der Waals surface area contributed by atoms with E-state index < -0.39 is 29.2 Å². The molecule has 0 radical (unpaired) electrons. The summed E-state index contributed by atoms with van der Waals surface area (Å²) in [5, 5.41) is 13.6. The number of nitro groups is 1. The van der Waals surface area contributed by atoms with Crippen LogP contribution < -0.4 is 15.0 Å². The molecule has 0 unspecified atom stereocenters. The first-order chi connectivity index (χ1) is 14.6. The van der Waals surface area contributed by atoms with Gasteiger partial charge in [0, 0.05) is 19.2 Å². The Balaban J connectivity index is 1.79. The minimum absolute atomic E-state index is 0.0240. The predicted molar refractivity (Wildman–Crippen MR) is 106 cm³/mol. The number of carbonyl (C=O) groups is 1. The molecule has 2 aromatic rings. The molecule has 1 aliphatic rings. The molecule has 1 heterocycles. The van der Waals surface area contributed by atoms with E-state index in [4.69, 9.17) is 9.47 Å². The summed E-state index contributed by atoms with van der Waals surface area (Å²) in [6, 6.07) is 7.31. The highest BCUT2D eigenvalue weighted by Gasteiger charge is 2.32. The summed E-state index contributed by atoms with van der Waals surface area (Å²) in [6.45, 7) is 2.83. The third-order valence-corrected chi connectivity index (χ3v) is 4.62. The van der Waals surface area contributed by atoms with E-state index in [1.807, 2.05) is 4.90 Å². The first-order valence-electron chi connectivity index (χ1n) is 9.37. The quantitative estimate of drug-likeness (QED) is 0.544. The molecule has 3 rings (SSSR count). The van der Waals surface area contributed by atoms with E-state index in [1.165, 1.54) is 24.3 Å². The molecule has 0 saturated carbocycles. The monoisotopic (exact) mass is 439 g/mol. The number of amides is 1. The molecule has 1 aliphatic heterocycles. The molecule has 1 amide bonds. The fraction of sp³-hybridized carbons (Fsp3) is 0.350. The van der Waals surface area contributed by atoms with Crippen LogP contribution in [0.5, 0.6) is 5.75 Å². The zero-order valence-electron chi connectivity index (χ0n) is 16.6. The van der Waals surface area contributed by atoms with Crippen LogP contribution in [0.3, 0.4) is 0 Å². The van der Waals surface area contributed by atoms with E-state index in [1.54, 1.807) is 6.92 Å². The molecular weight excluding hydrogens is 419 g/mol. The van der Waals surface area contributed by atoms with E-state index in [2.05, 4.69) is 5.32 Å². The number of carbonyl (C=O) groups excluding carboxylic acids is 1. The molecule has 1 saturated heterocycles. The highest BCUT2D eigenvalue weighted by molar-refractivity contribution is 5.95. The maximum atomic E-state index is 13.2. The number of benzene rings is 2. The smallest absolute Gasteiger partial charge is 0.416 e. The molecule has 31 heavy (non-hydrogen) atoms. The van der Waals surface area contributed by atoms with E-state index in [9.17, 15) is 28.1 Å². The normalized spacial score (nSPS) is 14.3. The summed E-state index contributed by atoms with van der Waals surface area (Å²) in [7, 11) is 0. The molecule has 0 atom stereocenters. The SMILES string of the molecule is Cc1ccc([N+](=O)[O-])c(OCC(=O)Nc2cc(C(F)(F)F)ccc2N2CCOCC2)c1. The number of nitrogens with zero attached hydrogens (tertiary/aromatic N) is 2. The molecule has 0 aliphatic carbocycles. The van der Waals surface area contributed by atoms with Crippen LogP contribution in [0.2, 0.25) is 0 Å². The lowest BCUT2D eigenvalue weighted by atomic mass is 10.1. The van der Waals surface area contributed by atoms with Crippen molar-refractivity contribution in [2.24, 2.45) is 0 Å². The molecule has 0 aromatic heterocycles. The maximum absolute atomic E-state index is 13.2. The first kappa shape index (κ1) is 22.3. The highest BCUT2D eigenvalue weighted by Crippen LogP contribution is 2.36. The lowest BCUT2D eigenvalue weighted by Crippen LogP contribution is -2.37. The molecular formula is C20H20F3N3O5. The van der Waals surface area contributed by atoms with Crippen molar-refractivity contribution in [2.75, 3.05) is 43.1 Å². The lowest BCUT2D eigenvalue weighted by molar-refractivity contribution is -0.385. The van der Waals surface area contributed by atoms with Gasteiger partial charge in [0.2, 0.25) is 0 Å². The second-order valence-electron chi connectivity index (χ2n) is 6.89. The van der Waals surface area contributed by atoms with Gasteiger partial charge in [-0.15, -0.1) is 0 Å². The van der Waals surface area contributed by atoms with Crippen LogP contribution in [0.1, 0.15) is 11.1 Å². The van der Waals surface area contributed by atoms with Crippen molar-refractivity contribution in [3.8, 4) is 5.75 Å². The summed E-state index contributed by atoms with van der Waals surface area (Å²) in [6.07, 6.45) is -4.58. The third kappa shape index (κ3) is 5.63. The van der Waals surface area contributed by atoms with Gasteiger partial charge < -0.3 is 19.7 Å². The molecule has 0 spiro atoms. The summed E-state index contributed by atoms with van der Waals surface area (Å²) in [5.74, 6) is -0.845. The Hall–Kier alpha value is -3.34. The molecule has 0 bridgehead atoms. The van der Waals surface area contributed by atoms with Crippen LogP contribution in [-0.2, 0) is 15.7 Å². The Morgan fingerprint density at radius 2 is 1.94 bits per heavy atom. The molecule has 8 nitrogen and oxygen atoms in total. The van der Waals surface area contributed by atoms with Gasteiger partial charge >= 0.3 is 11.9 Å². The standard InChI is InChI=1S/C20H20F3N3O5/c1-13-2-4-17(26(28)29)18(10-13)31-12-19(27)24-15-11-14(20(21,22)23)3-5-16(15)25-6-8-30-9-7-25/h2-5,10-11H,6-9,12H2,1H3,(H,24,27). The Labute approximate surface area is 175 Å². The average molecular weight is 439 g/mol. The summed E-state index contributed by atoms with van der Waals surface area (Å²) < 4.78 is 50.1. The number of nitrogens with one attached hydrogen (secondary N) is 1. The number of rotatable bonds is 6. The van der Waals surface area contributed by atoms with Gasteiger partial charge in [0.15, 0.2) is 12.4 Å². The molecule has 166 valence electrons. The number of alkyl halides is 3. The first-order valence-corrected chi connectivity index (χ1v) is 9.37. The number of halogens is 3. The summed E-state index contributed by atoms with van der Waals surface area (Å²) in [4.78, 5) is 24.7. The summed E-state index contributed by atoms with van der Waals surface area (Å²) >= 11 is 0. The van der Waals surface area contributed by atoms with Crippen molar-refractivity contribution in [2.45, 2.75) is 13.1 Å². The van der Waals surface area contributed by atoms with Gasteiger partial charge in [-0.25, -0.2) is 0 Å². The zero-order valence-corrected chi connectivity index (χ0v) is 16.6. The third-order valence-electron chi connectivity index (χ3n) is 4.62. The Morgan fingerprint density at radius 1 is 1.23 bits per heavy atom. The van der Waals surface area contributed by atoms with Crippen LogP contribution in [0.4, 0.5) is 30.2 Å². The number of nitro benzene ring substituents is 1. The van der Waals surface area contributed by atoms with Crippen molar-refractivity contribution in [1.82, 2.24) is 0 Å². The van der Waals surface area contributed by atoms with Crippen molar-refractivity contribution >= 4 is 23.0 Å². The Kier molecular flexibility index (Phi) is 6.64. The van der Waals surface area contributed by atoms with E-state index >= 15 is 0 Å². The van der Waals surface area contributed by atoms with Crippen molar-refractivity contribution in [1.29, 1.82) is 0 Å². The van der Waals surface area contributed by atoms with Crippen LogP contribution in [0.15, 0.2) is 36.4 Å². The fourth-order valence-electron chi connectivity index (χ4n) is 3.11. The Bertz CT molecular complexity index is 975. The molecule has 1 N–H and O–H groups in total. The van der Waals surface area contributed by atoms with E-state index in [0.717, 1.165) is 12.1 Å². The van der Waals surface area contributed by atoms with Crippen LogP contribution >= 0.6 is 0 Å². The topological polar surface area (TPSA) is 93.9 Å². The largest absolute Gasteiger partial charge is 0.477 e. The van der Waals surface area contributed by atoms with Gasteiger partial charge in [0.1, 0.15) is 0 Å². The van der Waals surface area contributed by atoms with Gasteiger partial charge in [0.05, 0.1) is 35.1 Å². The average Bonchev–Trinajstić information content (AvgIpc) is 2.72.